The van der Waals surface area contributed by atoms with Crippen LogP contribution in [0.4, 0.5) is 5.95 Å². The van der Waals surface area contributed by atoms with Gasteiger partial charge < -0.3 is 10.3 Å². The molecule has 0 unspecified atom stereocenters. The summed E-state index contributed by atoms with van der Waals surface area (Å²) in [5.74, 6) is 0.482. The average molecular weight is 294 g/mol. The molecule has 0 fully saturated rings. The first-order valence-electron chi connectivity index (χ1n) is 5.57. The number of anilines is 1. The molecule has 3 aromatic rings. The summed E-state index contributed by atoms with van der Waals surface area (Å²) in [4.78, 5) is 15.4. The van der Waals surface area contributed by atoms with Crippen LogP contribution in [-0.2, 0) is 6.54 Å². The fraction of sp³-hybridized carbons (Fsp3) is 0.0833. The van der Waals surface area contributed by atoms with Crippen LogP contribution in [0.5, 0.6) is 0 Å². The Kier molecular flexibility index (Phi) is 3.23. The van der Waals surface area contributed by atoms with Crippen LogP contribution in [0.1, 0.15) is 5.56 Å². The van der Waals surface area contributed by atoms with Crippen LogP contribution in [0.25, 0.3) is 11.2 Å². The van der Waals surface area contributed by atoms with Crippen LogP contribution in [0.15, 0.2) is 30.7 Å². The third kappa shape index (κ3) is 2.47. The van der Waals surface area contributed by atoms with Gasteiger partial charge in [0.2, 0.25) is 5.95 Å². The van der Waals surface area contributed by atoms with Gasteiger partial charge in [-0.2, -0.15) is 4.98 Å². The summed E-state index contributed by atoms with van der Waals surface area (Å²) < 4.78 is 0. The van der Waals surface area contributed by atoms with Crippen molar-refractivity contribution in [3.05, 3.63) is 46.3 Å². The Morgan fingerprint density at radius 3 is 2.74 bits per heavy atom. The summed E-state index contributed by atoms with van der Waals surface area (Å²) >= 11 is 12.2. The minimum atomic E-state index is 0.453. The molecule has 2 N–H and O–H groups in total. The monoisotopic (exact) mass is 293 g/mol. The second-order valence-electron chi connectivity index (χ2n) is 3.89. The van der Waals surface area contributed by atoms with Crippen molar-refractivity contribution in [1.29, 1.82) is 0 Å². The zero-order valence-electron chi connectivity index (χ0n) is 9.69. The molecule has 19 heavy (non-hydrogen) atoms. The Bertz CT molecular complexity index is 705. The van der Waals surface area contributed by atoms with Gasteiger partial charge in [-0.25, -0.2) is 9.97 Å². The van der Waals surface area contributed by atoms with E-state index in [-0.39, 0.29) is 0 Å². The minimum Gasteiger partial charge on any atom is -0.350 e. The topological polar surface area (TPSA) is 66.5 Å². The van der Waals surface area contributed by atoms with Gasteiger partial charge in [0, 0.05) is 22.2 Å². The zero-order valence-corrected chi connectivity index (χ0v) is 11.2. The van der Waals surface area contributed by atoms with Gasteiger partial charge in [0.1, 0.15) is 5.52 Å². The van der Waals surface area contributed by atoms with Crippen LogP contribution in [-0.4, -0.2) is 19.9 Å². The fourth-order valence-electron chi connectivity index (χ4n) is 1.69. The van der Waals surface area contributed by atoms with Crippen molar-refractivity contribution in [1.82, 2.24) is 19.9 Å². The molecule has 0 radical (unpaired) electrons. The Morgan fingerprint density at radius 2 is 1.95 bits per heavy atom. The van der Waals surface area contributed by atoms with Crippen LogP contribution >= 0.6 is 23.2 Å². The molecular weight excluding hydrogens is 285 g/mol. The largest absolute Gasteiger partial charge is 0.350 e. The van der Waals surface area contributed by atoms with Gasteiger partial charge in [-0.05, 0) is 12.1 Å². The lowest BCUT2D eigenvalue weighted by Crippen LogP contribution is -2.04. The SMILES string of the molecule is Clc1cccc(Cl)c1CNc1ncc2[nH]cnc2n1. The lowest BCUT2D eigenvalue weighted by molar-refractivity contribution is 1.07. The van der Waals surface area contributed by atoms with Gasteiger partial charge in [-0.15, -0.1) is 0 Å². The van der Waals surface area contributed by atoms with E-state index >= 15 is 0 Å². The maximum atomic E-state index is 6.09. The smallest absolute Gasteiger partial charge is 0.225 e. The Labute approximate surface area is 119 Å². The molecule has 5 nitrogen and oxygen atoms in total. The molecular formula is C12H9Cl2N5. The van der Waals surface area contributed by atoms with Crippen molar-refractivity contribution < 1.29 is 0 Å². The van der Waals surface area contributed by atoms with E-state index in [0.29, 0.717) is 28.2 Å². The van der Waals surface area contributed by atoms with Gasteiger partial charge in [0.25, 0.3) is 0 Å². The number of rotatable bonds is 3. The van der Waals surface area contributed by atoms with E-state index in [4.69, 9.17) is 23.2 Å². The molecule has 1 aromatic carbocycles. The number of imidazole rings is 1. The summed E-state index contributed by atoms with van der Waals surface area (Å²) in [6.07, 6.45) is 3.25. The first kappa shape index (κ1) is 12.2. The summed E-state index contributed by atoms with van der Waals surface area (Å²) in [5.41, 5.74) is 2.22. The summed E-state index contributed by atoms with van der Waals surface area (Å²) in [6.45, 7) is 0.453. The highest BCUT2D eigenvalue weighted by Gasteiger charge is 2.06. The molecule has 0 atom stereocenters. The average Bonchev–Trinajstić information content (AvgIpc) is 2.85. The maximum absolute atomic E-state index is 6.09. The number of fused-ring (bicyclic) bond motifs is 1. The van der Waals surface area contributed by atoms with Crippen molar-refractivity contribution in [2.24, 2.45) is 0 Å². The minimum absolute atomic E-state index is 0.453. The van der Waals surface area contributed by atoms with Gasteiger partial charge in [-0.1, -0.05) is 29.3 Å². The molecule has 0 saturated heterocycles. The molecule has 2 aromatic heterocycles. The molecule has 0 aliphatic carbocycles. The van der Waals surface area contributed by atoms with Crippen LogP contribution in [0.3, 0.4) is 0 Å². The molecule has 0 spiro atoms. The Morgan fingerprint density at radius 1 is 1.16 bits per heavy atom. The Balaban J connectivity index is 1.82. The van der Waals surface area contributed by atoms with E-state index < -0.39 is 0 Å². The number of halogens is 2. The first-order valence-corrected chi connectivity index (χ1v) is 6.32. The number of nitrogens with zero attached hydrogens (tertiary/aromatic N) is 3. The predicted molar refractivity (Wildman–Crippen MR) is 75.5 cm³/mol. The molecule has 3 rings (SSSR count). The predicted octanol–water partition coefficient (Wildman–Crippen LogP) is 3.27. The summed E-state index contributed by atoms with van der Waals surface area (Å²) in [5, 5.41) is 4.30. The van der Waals surface area contributed by atoms with Crippen LogP contribution < -0.4 is 5.32 Å². The zero-order chi connectivity index (χ0) is 13.2. The molecule has 2 heterocycles. The van der Waals surface area contributed by atoms with E-state index in [9.17, 15) is 0 Å². The van der Waals surface area contributed by atoms with E-state index in [1.165, 1.54) is 0 Å². The van der Waals surface area contributed by atoms with Crippen molar-refractivity contribution in [2.75, 3.05) is 5.32 Å². The number of H-pyrrole nitrogens is 1. The van der Waals surface area contributed by atoms with E-state index in [1.807, 2.05) is 0 Å². The number of hydrogen-bond acceptors (Lipinski definition) is 4. The van der Waals surface area contributed by atoms with Crippen molar-refractivity contribution in [2.45, 2.75) is 6.54 Å². The second-order valence-corrected chi connectivity index (χ2v) is 4.70. The normalized spacial score (nSPS) is 10.8. The highest BCUT2D eigenvalue weighted by molar-refractivity contribution is 6.36. The molecule has 0 aliphatic heterocycles. The third-order valence-corrected chi connectivity index (χ3v) is 3.37. The summed E-state index contributed by atoms with van der Waals surface area (Å²) in [6, 6.07) is 5.39. The molecule has 0 aliphatic rings. The molecule has 96 valence electrons. The van der Waals surface area contributed by atoms with Crippen LogP contribution in [0, 0.1) is 0 Å². The van der Waals surface area contributed by atoms with Crippen molar-refractivity contribution >= 4 is 40.3 Å². The highest BCUT2D eigenvalue weighted by atomic mass is 35.5. The number of aromatic nitrogens is 4. The van der Waals surface area contributed by atoms with E-state index in [2.05, 4.69) is 25.3 Å². The van der Waals surface area contributed by atoms with Crippen molar-refractivity contribution in [3.63, 3.8) is 0 Å². The van der Waals surface area contributed by atoms with Gasteiger partial charge in [0.15, 0.2) is 5.65 Å². The number of nitrogens with one attached hydrogen (secondary N) is 2. The van der Waals surface area contributed by atoms with Gasteiger partial charge in [-0.3, -0.25) is 0 Å². The van der Waals surface area contributed by atoms with E-state index in [0.717, 1.165) is 11.1 Å². The van der Waals surface area contributed by atoms with Gasteiger partial charge >= 0.3 is 0 Å². The highest BCUT2D eigenvalue weighted by Crippen LogP contribution is 2.24. The quantitative estimate of drug-likeness (QED) is 0.778. The molecule has 7 heteroatoms. The molecule has 0 amide bonds. The van der Waals surface area contributed by atoms with E-state index in [1.54, 1.807) is 30.7 Å². The first-order chi connectivity index (χ1) is 9.24. The van der Waals surface area contributed by atoms with Crippen molar-refractivity contribution in [3.8, 4) is 0 Å². The number of hydrogen-bond donors (Lipinski definition) is 2. The summed E-state index contributed by atoms with van der Waals surface area (Å²) in [7, 11) is 0. The van der Waals surface area contributed by atoms with Gasteiger partial charge in [0.05, 0.1) is 12.5 Å². The fourth-order valence-corrected chi connectivity index (χ4v) is 2.22. The Hall–Kier alpha value is -1.85. The second kappa shape index (κ2) is 5.03. The standard InChI is InChI=1S/C12H9Cl2N5/c13-8-2-1-3-9(14)7(8)4-15-12-16-5-10-11(19-12)18-6-17-10/h1-3,5-6H,4H2,(H2,15,16,17,18,19). The van der Waals surface area contributed by atoms with Crippen LogP contribution in [0.2, 0.25) is 10.0 Å². The third-order valence-electron chi connectivity index (χ3n) is 2.66. The lowest BCUT2D eigenvalue weighted by Gasteiger charge is -2.08. The number of aromatic amines is 1. The lowest BCUT2D eigenvalue weighted by atomic mass is 10.2. The number of benzene rings is 1. The maximum Gasteiger partial charge on any atom is 0.225 e. The molecule has 0 bridgehead atoms. The molecule has 0 saturated carbocycles.